The second kappa shape index (κ2) is 7.28. The van der Waals surface area contributed by atoms with Gasteiger partial charge in [0.2, 0.25) is 0 Å². The van der Waals surface area contributed by atoms with Crippen molar-refractivity contribution in [3.8, 4) is 5.75 Å². The van der Waals surface area contributed by atoms with Crippen molar-refractivity contribution in [2.24, 2.45) is 0 Å². The number of carbonyl (C=O) groups excluding carboxylic acids is 1. The van der Waals surface area contributed by atoms with E-state index in [1.54, 1.807) is 45.0 Å². The lowest BCUT2D eigenvalue weighted by atomic mass is 10.0. The Hall–Kier alpha value is -1.79. The molecule has 6 nitrogen and oxygen atoms in total. The molecule has 3 N–H and O–H groups in total. The zero-order valence-electron chi connectivity index (χ0n) is 12.8. The summed E-state index contributed by atoms with van der Waals surface area (Å²) in [5.74, 6) is 0.473. The number of rotatable bonds is 5. The van der Waals surface area contributed by atoms with Gasteiger partial charge in [-0.3, -0.25) is 0 Å². The molecule has 21 heavy (non-hydrogen) atoms. The first kappa shape index (κ1) is 17.3. The van der Waals surface area contributed by atoms with Crippen LogP contribution in [0, 0.1) is 0 Å². The average molecular weight is 297 g/mol. The third-order valence-electron chi connectivity index (χ3n) is 2.68. The third kappa shape index (κ3) is 5.61. The second-order valence-electron chi connectivity index (χ2n) is 5.64. The Morgan fingerprint density at radius 3 is 2.48 bits per heavy atom. The highest BCUT2D eigenvalue weighted by Gasteiger charge is 2.23. The molecule has 6 heteroatoms. The summed E-state index contributed by atoms with van der Waals surface area (Å²) < 4.78 is 10.2. The van der Waals surface area contributed by atoms with Crippen molar-refractivity contribution in [1.82, 2.24) is 5.32 Å². The zero-order valence-corrected chi connectivity index (χ0v) is 12.8. The molecule has 2 unspecified atom stereocenters. The standard InChI is InChI=1S/C15H23NO5/c1-15(2,3)21-14(19)16-9-11(17)13(18)10-7-5-6-8-12(10)20-4/h5-8,11,13,17-18H,9H2,1-4H3,(H,16,19). The van der Waals surface area contributed by atoms with Gasteiger partial charge in [0.25, 0.3) is 0 Å². The van der Waals surface area contributed by atoms with Crippen LogP contribution < -0.4 is 10.1 Å². The van der Waals surface area contributed by atoms with Crippen LogP contribution in [0.15, 0.2) is 24.3 Å². The lowest BCUT2D eigenvalue weighted by molar-refractivity contribution is 0.0119. The summed E-state index contributed by atoms with van der Waals surface area (Å²) in [7, 11) is 1.48. The Morgan fingerprint density at radius 2 is 1.90 bits per heavy atom. The molecule has 0 saturated heterocycles. The predicted octanol–water partition coefficient (Wildman–Crippen LogP) is 1.61. The molecule has 1 aromatic carbocycles. The summed E-state index contributed by atoms with van der Waals surface area (Å²) >= 11 is 0. The van der Waals surface area contributed by atoms with Crippen LogP contribution >= 0.6 is 0 Å². The van der Waals surface area contributed by atoms with Crippen LogP contribution in [0.1, 0.15) is 32.4 Å². The lowest BCUT2D eigenvalue weighted by Gasteiger charge is -2.23. The van der Waals surface area contributed by atoms with Gasteiger partial charge in [0.1, 0.15) is 23.6 Å². The van der Waals surface area contributed by atoms with Gasteiger partial charge in [0.15, 0.2) is 0 Å². The molecule has 0 radical (unpaired) electrons. The van der Waals surface area contributed by atoms with Crippen LogP contribution in [-0.2, 0) is 4.74 Å². The number of para-hydroxylation sites is 1. The van der Waals surface area contributed by atoms with E-state index < -0.39 is 23.9 Å². The van der Waals surface area contributed by atoms with Crippen molar-refractivity contribution < 1.29 is 24.5 Å². The highest BCUT2D eigenvalue weighted by molar-refractivity contribution is 5.67. The van der Waals surface area contributed by atoms with E-state index in [1.807, 2.05) is 0 Å². The number of hydrogen-bond donors (Lipinski definition) is 3. The smallest absolute Gasteiger partial charge is 0.407 e. The zero-order chi connectivity index (χ0) is 16.0. The van der Waals surface area contributed by atoms with Crippen molar-refractivity contribution in [3.63, 3.8) is 0 Å². The number of amides is 1. The molecule has 0 aliphatic rings. The molecule has 0 aliphatic heterocycles. The topological polar surface area (TPSA) is 88.0 Å². The second-order valence-corrected chi connectivity index (χ2v) is 5.64. The van der Waals surface area contributed by atoms with Crippen LogP contribution in [0.3, 0.4) is 0 Å². The number of carbonyl (C=O) groups is 1. The van der Waals surface area contributed by atoms with Crippen molar-refractivity contribution >= 4 is 6.09 Å². The summed E-state index contributed by atoms with van der Waals surface area (Å²) in [5.41, 5.74) is -0.158. The van der Waals surface area contributed by atoms with E-state index in [4.69, 9.17) is 9.47 Å². The fourth-order valence-corrected chi connectivity index (χ4v) is 1.73. The van der Waals surface area contributed by atoms with Gasteiger partial charge < -0.3 is 25.0 Å². The molecule has 0 aromatic heterocycles. The Bertz CT molecular complexity index is 469. The summed E-state index contributed by atoms with van der Waals surface area (Å²) in [6.45, 7) is 5.10. The van der Waals surface area contributed by atoms with Crippen LogP contribution in [-0.4, -0.2) is 41.7 Å². The van der Waals surface area contributed by atoms with Gasteiger partial charge in [-0.15, -0.1) is 0 Å². The van der Waals surface area contributed by atoms with Gasteiger partial charge >= 0.3 is 6.09 Å². The maximum atomic E-state index is 11.5. The summed E-state index contributed by atoms with van der Waals surface area (Å²) in [6.07, 6.45) is -2.99. The first-order valence-corrected chi connectivity index (χ1v) is 6.70. The number of nitrogens with one attached hydrogen (secondary N) is 1. The van der Waals surface area contributed by atoms with Crippen LogP contribution in [0.4, 0.5) is 4.79 Å². The summed E-state index contributed by atoms with van der Waals surface area (Å²) in [4.78, 5) is 11.5. The molecule has 1 aromatic rings. The maximum absolute atomic E-state index is 11.5. The van der Waals surface area contributed by atoms with Gasteiger partial charge in [-0.2, -0.15) is 0 Å². The number of aliphatic hydroxyl groups excluding tert-OH is 2. The summed E-state index contributed by atoms with van der Waals surface area (Å²) in [6, 6.07) is 6.84. The molecule has 0 spiro atoms. The van der Waals surface area contributed by atoms with E-state index in [0.717, 1.165) is 0 Å². The minimum absolute atomic E-state index is 0.131. The Labute approximate surface area is 124 Å². The molecule has 0 saturated carbocycles. The van der Waals surface area contributed by atoms with Crippen molar-refractivity contribution in [2.45, 2.75) is 38.6 Å². The van der Waals surface area contributed by atoms with Crippen LogP contribution in [0.2, 0.25) is 0 Å². The minimum atomic E-state index is -1.17. The SMILES string of the molecule is COc1ccccc1C(O)C(O)CNC(=O)OC(C)(C)C. The molecule has 2 atom stereocenters. The molecule has 1 amide bonds. The van der Waals surface area contributed by atoms with Gasteiger partial charge in [-0.25, -0.2) is 4.79 Å². The van der Waals surface area contributed by atoms with E-state index in [9.17, 15) is 15.0 Å². The van der Waals surface area contributed by atoms with Crippen molar-refractivity contribution in [1.29, 1.82) is 0 Å². The van der Waals surface area contributed by atoms with E-state index in [1.165, 1.54) is 7.11 Å². The fourth-order valence-electron chi connectivity index (χ4n) is 1.73. The molecule has 0 fully saturated rings. The Balaban J connectivity index is 2.59. The normalized spacial score (nSPS) is 14.2. The molecule has 118 valence electrons. The lowest BCUT2D eigenvalue weighted by Crippen LogP contribution is -2.38. The largest absolute Gasteiger partial charge is 0.496 e. The first-order chi connectivity index (χ1) is 9.74. The van der Waals surface area contributed by atoms with Crippen LogP contribution in [0.5, 0.6) is 5.75 Å². The monoisotopic (exact) mass is 297 g/mol. The fraction of sp³-hybridized carbons (Fsp3) is 0.533. The Morgan fingerprint density at radius 1 is 1.29 bits per heavy atom. The molecule has 0 aliphatic carbocycles. The molecule has 0 heterocycles. The highest BCUT2D eigenvalue weighted by Crippen LogP contribution is 2.26. The maximum Gasteiger partial charge on any atom is 0.407 e. The quantitative estimate of drug-likeness (QED) is 0.768. The highest BCUT2D eigenvalue weighted by atomic mass is 16.6. The van der Waals surface area contributed by atoms with Gasteiger partial charge in [0.05, 0.1) is 7.11 Å². The van der Waals surface area contributed by atoms with Gasteiger partial charge in [0, 0.05) is 12.1 Å². The minimum Gasteiger partial charge on any atom is -0.496 e. The van der Waals surface area contributed by atoms with E-state index in [0.29, 0.717) is 11.3 Å². The molecule has 1 rings (SSSR count). The Kier molecular flexibility index (Phi) is 5.99. The molecular formula is C15H23NO5. The number of hydrogen-bond acceptors (Lipinski definition) is 5. The predicted molar refractivity (Wildman–Crippen MR) is 78.2 cm³/mol. The van der Waals surface area contributed by atoms with Crippen LogP contribution in [0.25, 0.3) is 0 Å². The molecular weight excluding hydrogens is 274 g/mol. The number of ether oxygens (including phenoxy) is 2. The average Bonchev–Trinajstić information content (AvgIpc) is 2.42. The van der Waals surface area contributed by atoms with E-state index in [-0.39, 0.29) is 6.54 Å². The van der Waals surface area contributed by atoms with E-state index >= 15 is 0 Å². The third-order valence-corrected chi connectivity index (χ3v) is 2.68. The first-order valence-electron chi connectivity index (χ1n) is 6.70. The van der Waals surface area contributed by atoms with Gasteiger partial charge in [-0.05, 0) is 26.8 Å². The van der Waals surface area contributed by atoms with Crippen molar-refractivity contribution in [2.75, 3.05) is 13.7 Å². The number of methoxy groups -OCH3 is 1. The van der Waals surface area contributed by atoms with E-state index in [2.05, 4.69) is 5.32 Å². The summed E-state index contributed by atoms with van der Waals surface area (Å²) in [5, 5.41) is 22.5. The van der Waals surface area contributed by atoms with Gasteiger partial charge in [-0.1, -0.05) is 18.2 Å². The molecule has 0 bridgehead atoms. The number of alkyl carbamates (subject to hydrolysis) is 1. The number of benzene rings is 1. The van der Waals surface area contributed by atoms with Crippen molar-refractivity contribution in [3.05, 3.63) is 29.8 Å². The number of aliphatic hydroxyl groups is 2.